The summed E-state index contributed by atoms with van der Waals surface area (Å²) in [6.45, 7) is 3.40. The predicted molar refractivity (Wildman–Crippen MR) is 116 cm³/mol. The summed E-state index contributed by atoms with van der Waals surface area (Å²) in [6, 6.07) is 15.7. The van der Waals surface area contributed by atoms with Crippen LogP contribution in [0.3, 0.4) is 0 Å². The third-order valence-electron chi connectivity index (χ3n) is 5.99. The van der Waals surface area contributed by atoms with Gasteiger partial charge in [-0.1, -0.05) is 29.8 Å². The maximum Gasteiger partial charge on any atom is 0.229 e. The van der Waals surface area contributed by atoms with E-state index < -0.39 is 0 Å². The quantitative estimate of drug-likeness (QED) is 0.724. The molecule has 0 radical (unpaired) electrons. The fourth-order valence-electron chi connectivity index (χ4n) is 4.35. The summed E-state index contributed by atoms with van der Waals surface area (Å²) in [7, 11) is 0. The van der Waals surface area contributed by atoms with Gasteiger partial charge in [-0.25, -0.2) is 4.98 Å². The van der Waals surface area contributed by atoms with Crippen molar-refractivity contribution in [3.8, 4) is 11.3 Å². The molecule has 2 aromatic carbocycles. The summed E-state index contributed by atoms with van der Waals surface area (Å²) in [5.74, 6) is 0.637. The molecule has 5 rings (SSSR count). The number of nitrogens with one attached hydrogen (secondary N) is 1. The van der Waals surface area contributed by atoms with Crippen molar-refractivity contribution in [3.63, 3.8) is 0 Å². The van der Waals surface area contributed by atoms with Gasteiger partial charge < -0.3 is 14.8 Å². The van der Waals surface area contributed by atoms with Crippen LogP contribution in [-0.2, 0) is 22.6 Å². The molecule has 0 aliphatic carbocycles. The molecular formula is C24H24N4O2. The largest absolute Gasteiger partial charge is 0.328 e. The first-order valence-electron chi connectivity index (χ1n) is 10.4. The van der Waals surface area contributed by atoms with Crippen molar-refractivity contribution >= 4 is 23.2 Å². The summed E-state index contributed by atoms with van der Waals surface area (Å²) in [4.78, 5) is 31.6. The third kappa shape index (κ3) is 3.38. The summed E-state index contributed by atoms with van der Waals surface area (Å²) in [5, 5.41) is 3.01. The lowest BCUT2D eigenvalue weighted by Gasteiger charge is -2.17. The number of rotatable bonds is 4. The molecule has 1 N–H and O–H groups in total. The van der Waals surface area contributed by atoms with Gasteiger partial charge in [-0.3, -0.25) is 9.59 Å². The number of carbonyl (C=O) groups is 2. The van der Waals surface area contributed by atoms with E-state index in [1.807, 2.05) is 61.7 Å². The van der Waals surface area contributed by atoms with Gasteiger partial charge in [0.15, 0.2) is 0 Å². The van der Waals surface area contributed by atoms with Gasteiger partial charge in [-0.05, 0) is 37.6 Å². The van der Waals surface area contributed by atoms with Crippen molar-refractivity contribution in [3.05, 3.63) is 66.1 Å². The number of anilines is 2. The molecule has 2 aliphatic heterocycles. The Hall–Kier alpha value is -3.41. The first-order valence-corrected chi connectivity index (χ1v) is 10.4. The first-order chi connectivity index (χ1) is 14.6. The van der Waals surface area contributed by atoms with Crippen LogP contribution in [0.15, 0.2) is 54.7 Å². The van der Waals surface area contributed by atoms with E-state index >= 15 is 0 Å². The molecule has 2 aliphatic rings. The van der Waals surface area contributed by atoms with Crippen LogP contribution in [0, 0.1) is 12.8 Å². The van der Waals surface area contributed by atoms with Crippen molar-refractivity contribution in [2.75, 3.05) is 16.8 Å². The van der Waals surface area contributed by atoms with Crippen LogP contribution < -0.4 is 10.2 Å². The highest BCUT2D eigenvalue weighted by atomic mass is 16.2. The molecular weight excluding hydrogens is 376 g/mol. The van der Waals surface area contributed by atoms with E-state index in [0.717, 1.165) is 53.4 Å². The van der Waals surface area contributed by atoms with Crippen molar-refractivity contribution in [2.24, 2.45) is 5.92 Å². The van der Waals surface area contributed by atoms with Crippen LogP contribution >= 0.6 is 0 Å². The Balaban J connectivity index is 1.30. The number of benzene rings is 2. The topological polar surface area (TPSA) is 67.2 Å². The number of hydrogen-bond donors (Lipinski definition) is 1. The van der Waals surface area contributed by atoms with Crippen LogP contribution in [0.4, 0.5) is 11.4 Å². The van der Waals surface area contributed by atoms with Crippen molar-refractivity contribution in [2.45, 2.75) is 32.7 Å². The van der Waals surface area contributed by atoms with Gasteiger partial charge in [0.1, 0.15) is 5.82 Å². The minimum absolute atomic E-state index is 0.0115. The molecule has 0 spiro atoms. The second kappa shape index (κ2) is 7.44. The lowest BCUT2D eigenvalue weighted by Crippen LogP contribution is -2.28. The van der Waals surface area contributed by atoms with Gasteiger partial charge >= 0.3 is 0 Å². The number of carbonyl (C=O) groups excluding carboxylic acids is 2. The van der Waals surface area contributed by atoms with E-state index in [-0.39, 0.29) is 24.2 Å². The molecule has 152 valence electrons. The zero-order chi connectivity index (χ0) is 20.7. The third-order valence-corrected chi connectivity index (χ3v) is 5.99. The average molecular weight is 400 g/mol. The highest BCUT2D eigenvalue weighted by Crippen LogP contribution is 2.29. The Morgan fingerprint density at radius 1 is 1.17 bits per heavy atom. The van der Waals surface area contributed by atoms with E-state index in [9.17, 15) is 9.59 Å². The van der Waals surface area contributed by atoms with Crippen LogP contribution in [0.2, 0.25) is 0 Å². The van der Waals surface area contributed by atoms with Crippen molar-refractivity contribution in [1.82, 2.24) is 9.55 Å². The van der Waals surface area contributed by atoms with Crippen LogP contribution in [0.5, 0.6) is 0 Å². The number of aromatic nitrogens is 2. The highest BCUT2D eigenvalue weighted by Gasteiger charge is 2.35. The summed E-state index contributed by atoms with van der Waals surface area (Å²) < 4.78 is 2.25. The van der Waals surface area contributed by atoms with Crippen molar-refractivity contribution < 1.29 is 9.59 Å². The SMILES string of the molecule is Cc1ccc(N2CC(C(=O)Nc3cccc(-c4cnc5n4CCC5)c3)CC2=O)cc1. The monoisotopic (exact) mass is 400 g/mol. The fraction of sp³-hybridized carbons (Fsp3) is 0.292. The van der Waals surface area contributed by atoms with E-state index in [4.69, 9.17) is 0 Å². The maximum absolute atomic E-state index is 12.9. The van der Waals surface area contributed by atoms with E-state index in [2.05, 4.69) is 14.9 Å². The molecule has 1 atom stereocenters. The molecule has 6 heteroatoms. The molecule has 1 fully saturated rings. The summed E-state index contributed by atoms with van der Waals surface area (Å²) >= 11 is 0. The van der Waals surface area contributed by atoms with Gasteiger partial charge in [0.2, 0.25) is 11.8 Å². The molecule has 3 heterocycles. The Morgan fingerprint density at radius 3 is 2.83 bits per heavy atom. The Labute approximate surface area is 175 Å². The Morgan fingerprint density at radius 2 is 2.00 bits per heavy atom. The Kier molecular flexibility index (Phi) is 4.62. The summed E-state index contributed by atoms with van der Waals surface area (Å²) in [5.41, 5.74) is 4.85. The minimum atomic E-state index is -0.360. The number of nitrogens with zero attached hydrogens (tertiary/aromatic N) is 3. The summed E-state index contributed by atoms with van der Waals surface area (Å²) in [6.07, 6.45) is 4.28. The average Bonchev–Trinajstić information content (AvgIpc) is 3.44. The van der Waals surface area contributed by atoms with E-state index in [1.165, 1.54) is 0 Å². The van der Waals surface area contributed by atoms with E-state index in [0.29, 0.717) is 6.54 Å². The van der Waals surface area contributed by atoms with E-state index in [1.54, 1.807) is 4.90 Å². The van der Waals surface area contributed by atoms with Gasteiger partial charge in [0.05, 0.1) is 17.8 Å². The number of imidazole rings is 1. The number of aryl methyl sites for hydroxylation is 2. The van der Waals surface area contributed by atoms with Crippen LogP contribution in [0.25, 0.3) is 11.3 Å². The predicted octanol–water partition coefficient (Wildman–Crippen LogP) is 3.80. The number of fused-ring (bicyclic) bond motifs is 1. The molecule has 3 aromatic rings. The fourth-order valence-corrected chi connectivity index (χ4v) is 4.35. The highest BCUT2D eigenvalue weighted by molar-refractivity contribution is 6.03. The normalized spacial score (nSPS) is 18.0. The smallest absolute Gasteiger partial charge is 0.229 e. The van der Waals surface area contributed by atoms with Crippen LogP contribution in [0.1, 0.15) is 24.2 Å². The molecule has 30 heavy (non-hydrogen) atoms. The van der Waals surface area contributed by atoms with Crippen LogP contribution in [-0.4, -0.2) is 27.9 Å². The number of amides is 2. The molecule has 1 saturated heterocycles. The second-order valence-corrected chi connectivity index (χ2v) is 8.13. The Bertz CT molecular complexity index is 1120. The van der Waals surface area contributed by atoms with Crippen molar-refractivity contribution in [1.29, 1.82) is 0 Å². The standard InChI is InChI=1S/C24H24N4O2/c1-16-7-9-20(10-8-16)28-15-18(13-23(28)29)24(30)26-19-5-2-4-17(12-19)21-14-25-22-6-3-11-27(21)22/h2,4-5,7-10,12,14,18H,3,6,11,13,15H2,1H3,(H,26,30). The molecule has 0 saturated carbocycles. The van der Waals surface area contributed by atoms with Gasteiger partial charge in [-0.2, -0.15) is 0 Å². The minimum Gasteiger partial charge on any atom is -0.328 e. The maximum atomic E-state index is 12.9. The zero-order valence-corrected chi connectivity index (χ0v) is 17.0. The lowest BCUT2D eigenvalue weighted by molar-refractivity contribution is -0.122. The molecule has 2 amide bonds. The molecule has 0 bridgehead atoms. The van der Waals surface area contributed by atoms with Gasteiger partial charge in [-0.15, -0.1) is 0 Å². The molecule has 6 nitrogen and oxygen atoms in total. The zero-order valence-electron chi connectivity index (χ0n) is 17.0. The molecule has 1 unspecified atom stereocenters. The molecule has 1 aromatic heterocycles. The lowest BCUT2D eigenvalue weighted by atomic mass is 10.1. The second-order valence-electron chi connectivity index (χ2n) is 8.13. The first kappa shape index (κ1) is 18.6. The van der Waals surface area contributed by atoms with Gasteiger partial charge in [0, 0.05) is 42.9 Å². The number of hydrogen-bond acceptors (Lipinski definition) is 3. The van der Waals surface area contributed by atoms with Gasteiger partial charge in [0.25, 0.3) is 0 Å².